The van der Waals surface area contributed by atoms with Crippen molar-refractivity contribution in [2.24, 2.45) is 16.7 Å². The van der Waals surface area contributed by atoms with Gasteiger partial charge >= 0.3 is 11.9 Å². The third kappa shape index (κ3) is 1.96. The topological polar surface area (TPSA) is 52.6 Å². The van der Waals surface area contributed by atoms with Crippen LogP contribution >= 0.6 is 0 Å². The van der Waals surface area contributed by atoms with Crippen LogP contribution in [0.5, 0.6) is 0 Å². The standard InChI is InChI=1S/C17H20O4/c1-16(2)12-9-10-17(16,3)15(19)21-14(20-13(12)18)11-7-5-4-6-8-11/h4-8,12,14H,9-10H2,1-3H3. The lowest BCUT2D eigenvalue weighted by molar-refractivity contribution is -0.213. The van der Waals surface area contributed by atoms with E-state index >= 15 is 0 Å². The number of hydrogen-bond donors (Lipinski definition) is 0. The Hall–Kier alpha value is -1.84. The maximum Gasteiger partial charge on any atom is 0.315 e. The molecule has 0 amide bonds. The summed E-state index contributed by atoms with van der Waals surface area (Å²) in [4.78, 5) is 25.1. The van der Waals surface area contributed by atoms with E-state index in [1.54, 1.807) is 12.1 Å². The quantitative estimate of drug-likeness (QED) is 0.744. The highest BCUT2D eigenvalue weighted by Crippen LogP contribution is 2.58. The second-order valence-corrected chi connectivity index (χ2v) is 6.73. The second-order valence-electron chi connectivity index (χ2n) is 6.73. The zero-order valence-electron chi connectivity index (χ0n) is 12.6. The molecule has 21 heavy (non-hydrogen) atoms. The summed E-state index contributed by atoms with van der Waals surface area (Å²) in [7, 11) is 0. The molecule has 1 aliphatic carbocycles. The molecule has 4 nitrogen and oxygen atoms in total. The summed E-state index contributed by atoms with van der Waals surface area (Å²) in [5.74, 6) is -0.817. The van der Waals surface area contributed by atoms with Crippen LogP contribution in [0, 0.1) is 16.7 Å². The summed E-state index contributed by atoms with van der Waals surface area (Å²) in [6.45, 7) is 5.81. The number of rotatable bonds is 1. The van der Waals surface area contributed by atoms with Gasteiger partial charge in [0, 0.05) is 5.56 Å². The van der Waals surface area contributed by atoms with Gasteiger partial charge in [0.25, 0.3) is 6.29 Å². The van der Waals surface area contributed by atoms with Gasteiger partial charge in [0.05, 0.1) is 11.3 Å². The Kier molecular flexibility index (Phi) is 3.08. The van der Waals surface area contributed by atoms with Gasteiger partial charge in [-0.2, -0.15) is 0 Å². The Labute approximate surface area is 124 Å². The van der Waals surface area contributed by atoms with Crippen LogP contribution in [-0.4, -0.2) is 11.9 Å². The largest absolute Gasteiger partial charge is 0.420 e. The molecule has 0 N–H and O–H groups in total. The molecule has 112 valence electrons. The molecule has 3 rings (SSSR count). The molecule has 2 fully saturated rings. The first-order valence-corrected chi connectivity index (χ1v) is 7.33. The molecule has 3 unspecified atom stereocenters. The van der Waals surface area contributed by atoms with Crippen molar-refractivity contribution in [2.45, 2.75) is 39.9 Å². The van der Waals surface area contributed by atoms with Gasteiger partial charge in [-0.3, -0.25) is 9.59 Å². The lowest BCUT2D eigenvalue weighted by atomic mass is 9.65. The first-order chi connectivity index (χ1) is 9.86. The van der Waals surface area contributed by atoms with E-state index in [-0.39, 0.29) is 17.9 Å². The van der Waals surface area contributed by atoms with E-state index in [0.717, 1.165) is 0 Å². The molecule has 2 aliphatic rings. The summed E-state index contributed by atoms with van der Waals surface area (Å²) in [5.41, 5.74) is -0.422. The number of cyclic esters (lactones) is 2. The highest BCUT2D eigenvalue weighted by Gasteiger charge is 2.61. The van der Waals surface area contributed by atoms with Gasteiger partial charge in [-0.1, -0.05) is 44.2 Å². The van der Waals surface area contributed by atoms with Crippen LogP contribution in [0.3, 0.4) is 0 Å². The number of esters is 2. The molecular formula is C17H20O4. The summed E-state index contributed by atoms with van der Waals surface area (Å²) in [5, 5.41) is 0. The average molecular weight is 288 g/mol. The van der Waals surface area contributed by atoms with Crippen molar-refractivity contribution < 1.29 is 19.1 Å². The molecule has 3 atom stereocenters. The van der Waals surface area contributed by atoms with Gasteiger partial charge < -0.3 is 9.47 Å². The monoisotopic (exact) mass is 288 g/mol. The molecule has 0 spiro atoms. The van der Waals surface area contributed by atoms with E-state index in [1.807, 2.05) is 39.0 Å². The zero-order valence-corrected chi connectivity index (χ0v) is 12.6. The fourth-order valence-corrected chi connectivity index (χ4v) is 3.46. The van der Waals surface area contributed by atoms with E-state index in [1.165, 1.54) is 0 Å². The SMILES string of the molecule is CC12CCC(C(=O)OC(c3ccccc3)OC1=O)C2(C)C. The van der Waals surface area contributed by atoms with Crippen molar-refractivity contribution in [3.63, 3.8) is 0 Å². The van der Waals surface area contributed by atoms with Crippen molar-refractivity contribution >= 4 is 11.9 Å². The number of benzene rings is 1. The van der Waals surface area contributed by atoms with E-state index in [9.17, 15) is 9.59 Å². The minimum atomic E-state index is -0.942. The van der Waals surface area contributed by atoms with Crippen LogP contribution in [0.25, 0.3) is 0 Å². The van der Waals surface area contributed by atoms with Crippen LogP contribution in [0.4, 0.5) is 0 Å². The summed E-state index contributed by atoms with van der Waals surface area (Å²) in [6.07, 6.45) is 0.376. The lowest BCUT2D eigenvalue weighted by Crippen LogP contribution is -2.46. The van der Waals surface area contributed by atoms with Crippen LogP contribution in [0.1, 0.15) is 45.5 Å². The summed E-state index contributed by atoms with van der Waals surface area (Å²) in [6, 6.07) is 9.11. The Morgan fingerprint density at radius 2 is 1.71 bits per heavy atom. The Morgan fingerprint density at radius 3 is 2.38 bits per heavy atom. The van der Waals surface area contributed by atoms with E-state index in [4.69, 9.17) is 9.47 Å². The van der Waals surface area contributed by atoms with Crippen molar-refractivity contribution in [2.75, 3.05) is 0 Å². The molecule has 0 radical (unpaired) electrons. The first-order valence-electron chi connectivity index (χ1n) is 7.33. The maximum atomic E-state index is 12.6. The molecule has 0 aromatic heterocycles. The highest BCUT2D eigenvalue weighted by molar-refractivity contribution is 5.83. The summed E-state index contributed by atoms with van der Waals surface area (Å²) < 4.78 is 11.0. The Bertz CT molecular complexity index is 578. The van der Waals surface area contributed by atoms with Gasteiger partial charge in [-0.25, -0.2) is 0 Å². The van der Waals surface area contributed by atoms with Crippen molar-refractivity contribution in [1.82, 2.24) is 0 Å². The van der Waals surface area contributed by atoms with Gasteiger partial charge in [-0.05, 0) is 25.2 Å². The molecular weight excluding hydrogens is 268 g/mol. The first kappa shape index (κ1) is 14.1. The fraction of sp³-hybridized carbons (Fsp3) is 0.529. The van der Waals surface area contributed by atoms with E-state index < -0.39 is 17.1 Å². The van der Waals surface area contributed by atoms with Crippen LogP contribution in [-0.2, 0) is 19.1 Å². The number of ether oxygens (including phenoxy) is 2. The van der Waals surface area contributed by atoms with Crippen LogP contribution in [0.2, 0.25) is 0 Å². The van der Waals surface area contributed by atoms with Gasteiger partial charge in [0.1, 0.15) is 0 Å². The smallest absolute Gasteiger partial charge is 0.315 e. The summed E-state index contributed by atoms with van der Waals surface area (Å²) >= 11 is 0. The molecule has 1 saturated heterocycles. The maximum absolute atomic E-state index is 12.6. The minimum Gasteiger partial charge on any atom is -0.420 e. The molecule has 1 saturated carbocycles. The Morgan fingerprint density at radius 1 is 1.05 bits per heavy atom. The van der Waals surface area contributed by atoms with Crippen LogP contribution in [0.15, 0.2) is 30.3 Å². The van der Waals surface area contributed by atoms with Gasteiger partial charge in [0.15, 0.2) is 0 Å². The van der Waals surface area contributed by atoms with Crippen LogP contribution < -0.4 is 0 Å². The van der Waals surface area contributed by atoms with E-state index in [0.29, 0.717) is 18.4 Å². The van der Waals surface area contributed by atoms with Crippen molar-refractivity contribution in [1.29, 1.82) is 0 Å². The second kappa shape index (κ2) is 4.58. The number of hydrogen-bond acceptors (Lipinski definition) is 4. The minimum absolute atomic E-state index is 0.262. The molecule has 4 heteroatoms. The third-order valence-corrected chi connectivity index (χ3v) is 5.47. The molecule has 1 aromatic rings. The molecule has 2 bridgehead atoms. The molecule has 1 aliphatic heterocycles. The molecule has 1 aromatic carbocycles. The number of fused-ring (bicyclic) bond motifs is 2. The van der Waals surface area contributed by atoms with Gasteiger partial charge in [0.2, 0.25) is 0 Å². The third-order valence-electron chi connectivity index (χ3n) is 5.47. The average Bonchev–Trinajstić information content (AvgIpc) is 2.72. The van der Waals surface area contributed by atoms with Gasteiger partial charge in [-0.15, -0.1) is 0 Å². The van der Waals surface area contributed by atoms with Crippen molar-refractivity contribution in [3.8, 4) is 0 Å². The van der Waals surface area contributed by atoms with E-state index in [2.05, 4.69) is 0 Å². The van der Waals surface area contributed by atoms with Crippen molar-refractivity contribution in [3.05, 3.63) is 35.9 Å². The predicted molar refractivity (Wildman–Crippen MR) is 76.0 cm³/mol. The molecule has 1 heterocycles. The highest BCUT2D eigenvalue weighted by atomic mass is 16.7. The number of carbonyl (C=O) groups excluding carboxylic acids is 2. The fourth-order valence-electron chi connectivity index (χ4n) is 3.46. The number of carbonyl (C=O) groups is 2. The lowest BCUT2D eigenvalue weighted by Gasteiger charge is -2.41. The zero-order chi connectivity index (χ0) is 15.3. The predicted octanol–water partition coefficient (Wildman–Crippen LogP) is 3.23. The Balaban J connectivity index is 1.99. The normalized spacial score (nSPS) is 34.6.